The average molecular weight is 270 g/mol. The van der Waals surface area contributed by atoms with Crippen molar-refractivity contribution in [2.45, 2.75) is 13.1 Å². The zero-order valence-corrected chi connectivity index (χ0v) is 11.9. The zero-order valence-electron chi connectivity index (χ0n) is 11.1. The van der Waals surface area contributed by atoms with Gasteiger partial charge in [-0.1, -0.05) is 30.0 Å². The first kappa shape index (κ1) is 13.8. The van der Waals surface area contributed by atoms with Crippen molar-refractivity contribution in [1.29, 1.82) is 0 Å². The summed E-state index contributed by atoms with van der Waals surface area (Å²) in [5, 5.41) is 2.12. The Bertz CT molecular complexity index is 547. The number of rotatable bonds is 4. The number of nitrogens with zero attached hydrogens (tertiary/aromatic N) is 1. The molecule has 0 aliphatic rings. The van der Waals surface area contributed by atoms with Crippen molar-refractivity contribution < 1.29 is 0 Å². The molecule has 0 spiro atoms. The van der Waals surface area contributed by atoms with Crippen LogP contribution in [0.4, 0.5) is 0 Å². The molecule has 98 valence electrons. The molecule has 0 unspecified atom stereocenters. The normalized spacial score (nSPS) is 10.3. The Balaban J connectivity index is 1.92. The van der Waals surface area contributed by atoms with Gasteiger partial charge in [0, 0.05) is 23.5 Å². The Labute approximate surface area is 118 Å². The number of hydrogen-bond donors (Lipinski definition) is 1. The monoisotopic (exact) mass is 270 g/mol. The average Bonchev–Trinajstić information content (AvgIpc) is 2.90. The SMILES string of the molecule is CN(Cc1ccc(C#CCN)cc1)Cc1cccs1. The van der Waals surface area contributed by atoms with Crippen molar-refractivity contribution in [1.82, 2.24) is 4.90 Å². The topological polar surface area (TPSA) is 29.3 Å². The number of hydrogen-bond acceptors (Lipinski definition) is 3. The molecule has 0 aliphatic carbocycles. The van der Waals surface area contributed by atoms with Gasteiger partial charge in [-0.2, -0.15) is 0 Å². The molecular formula is C16H18N2S. The third kappa shape index (κ3) is 4.53. The second-order valence-corrected chi connectivity index (χ2v) is 5.49. The van der Waals surface area contributed by atoms with E-state index >= 15 is 0 Å². The molecule has 2 aromatic rings. The van der Waals surface area contributed by atoms with Crippen LogP contribution in [-0.4, -0.2) is 18.5 Å². The van der Waals surface area contributed by atoms with Crippen molar-refractivity contribution in [3.63, 3.8) is 0 Å². The highest BCUT2D eigenvalue weighted by atomic mass is 32.1. The summed E-state index contributed by atoms with van der Waals surface area (Å²) < 4.78 is 0. The van der Waals surface area contributed by atoms with E-state index in [9.17, 15) is 0 Å². The van der Waals surface area contributed by atoms with Crippen LogP contribution in [0, 0.1) is 11.8 Å². The van der Waals surface area contributed by atoms with E-state index in [0.29, 0.717) is 6.54 Å². The molecule has 2 rings (SSSR count). The highest BCUT2D eigenvalue weighted by Crippen LogP contribution is 2.13. The summed E-state index contributed by atoms with van der Waals surface area (Å²) in [6.45, 7) is 2.35. The fourth-order valence-electron chi connectivity index (χ4n) is 1.88. The fourth-order valence-corrected chi connectivity index (χ4v) is 2.67. The van der Waals surface area contributed by atoms with Gasteiger partial charge in [-0.25, -0.2) is 0 Å². The van der Waals surface area contributed by atoms with E-state index in [2.05, 4.69) is 65.6 Å². The van der Waals surface area contributed by atoms with Crippen LogP contribution in [0.15, 0.2) is 41.8 Å². The number of nitrogens with two attached hydrogens (primary N) is 1. The molecule has 0 saturated carbocycles. The smallest absolute Gasteiger partial charge is 0.0555 e. The standard InChI is InChI=1S/C16H18N2S/c1-18(13-16-5-3-11-19-16)12-15-8-6-14(7-9-15)4-2-10-17/h3,5-9,11H,10,12-13,17H2,1H3. The largest absolute Gasteiger partial charge is 0.320 e. The lowest BCUT2D eigenvalue weighted by molar-refractivity contribution is 0.322. The summed E-state index contributed by atoms with van der Waals surface area (Å²) in [5.74, 6) is 5.90. The van der Waals surface area contributed by atoms with Gasteiger partial charge in [-0.05, 0) is 36.2 Å². The molecular weight excluding hydrogens is 252 g/mol. The Morgan fingerprint density at radius 2 is 1.95 bits per heavy atom. The van der Waals surface area contributed by atoms with Crippen LogP contribution in [0.1, 0.15) is 16.0 Å². The number of thiophene rings is 1. The second kappa shape index (κ2) is 7.10. The van der Waals surface area contributed by atoms with Gasteiger partial charge in [0.15, 0.2) is 0 Å². The van der Waals surface area contributed by atoms with Crippen molar-refractivity contribution >= 4 is 11.3 Å². The molecule has 3 heteroatoms. The summed E-state index contributed by atoms with van der Waals surface area (Å²) in [5.41, 5.74) is 7.68. The van der Waals surface area contributed by atoms with Crippen LogP contribution in [-0.2, 0) is 13.1 Å². The Morgan fingerprint density at radius 1 is 1.16 bits per heavy atom. The van der Waals surface area contributed by atoms with Crippen molar-refractivity contribution in [2.24, 2.45) is 5.73 Å². The lowest BCUT2D eigenvalue weighted by Gasteiger charge is -2.15. The van der Waals surface area contributed by atoms with Crippen molar-refractivity contribution in [2.75, 3.05) is 13.6 Å². The van der Waals surface area contributed by atoms with Gasteiger partial charge in [-0.15, -0.1) is 11.3 Å². The quantitative estimate of drug-likeness (QED) is 0.866. The van der Waals surface area contributed by atoms with Crippen LogP contribution in [0.5, 0.6) is 0 Å². The van der Waals surface area contributed by atoms with Gasteiger partial charge < -0.3 is 5.73 Å². The molecule has 1 heterocycles. The third-order valence-electron chi connectivity index (χ3n) is 2.75. The summed E-state index contributed by atoms with van der Waals surface area (Å²) in [7, 11) is 2.14. The maximum Gasteiger partial charge on any atom is 0.0555 e. The fraction of sp³-hybridized carbons (Fsp3) is 0.250. The van der Waals surface area contributed by atoms with Crippen molar-refractivity contribution in [3.05, 3.63) is 57.8 Å². The zero-order chi connectivity index (χ0) is 13.5. The van der Waals surface area contributed by atoms with Gasteiger partial charge in [0.2, 0.25) is 0 Å². The van der Waals surface area contributed by atoms with Crippen LogP contribution in [0.2, 0.25) is 0 Å². The highest BCUT2D eigenvalue weighted by Gasteiger charge is 2.02. The summed E-state index contributed by atoms with van der Waals surface area (Å²) >= 11 is 1.80. The van der Waals surface area contributed by atoms with Crippen LogP contribution < -0.4 is 5.73 Å². The molecule has 0 atom stereocenters. The van der Waals surface area contributed by atoms with Gasteiger partial charge >= 0.3 is 0 Å². The number of benzene rings is 1. The third-order valence-corrected chi connectivity index (χ3v) is 3.61. The predicted octanol–water partition coefficient (Wildman–Crippen LogP) is 2.69. The molecule has 0 aliphatic heterocycles. The van der Waals surface area contributed by atoms with Gasteiger partial charge in [0.25, 0.3) is 0 Å². The van der Waals surface area contributed by atoms with Crippen molar-refractivity contribution in [3.8, 4) is 11.8 Å². The molecule has 1 aromatic heterocycles. The molecule has 0 radical (unpaired) electrons. The van der Waals surface area contributed by atoms with E-state index in [1.807, 2.05) is 0 Å². The Morgan fingerprint density at radius 3 is 2.58 bits per heavy atom. The first-order valence-electron chi connectivity index (χ1n) is 6.27. The van der Waals surface area contributed by atoms with E-state index in [0.717, 1.165) is 18.7 Å². The van der Waals surface area contributed by atoms with E-state index in [-0.39, 0.29) is 0 Å². The Hall–Kier alpha value is -1.60. The maximum atomic E-state index is 5.36. The van der Waals surface area contributed by atoms with Crippen LogP contribution in [0.3, 0.4) is 0 Å². The van der Waals surface area contributed by atoms with E-state index in [1.54, 1.807) is 11.3 Å². The van der Waals surface area contributed by atoms with Crippen LogP contribution in [0.25, 0.3) is 0 Å². The van der Waals surface area contributed by atoms with Gasteiger partial charge in [0.1, 0.15) is 0 Å². The lowest BCUT2D eigenvalue weighted by Crippen LogP contribution is -2.16. The minimum Gasteiger partial charge on any atom is -0.320 e. The van der Waals surface area contributed by atoms with Gasteiger partial charge in [-0.3, -0.25) is 4.90 Å². The van der Waals surface area contributed by atoms with Gasteiger partial charge in [0.05, 0.1) is 6.54 Å². The summed E-state index contributed by atoms with van der Waals surface area (Å²) in [6.07, 6.45) is 0. The summed E-state index contributed by atoms with van der Waals surface area (Å²) in [4.78, 5) is 3.71. The molecule has 2 N–H and O–H groups in total. The molecule has 0 bridgehead atoms. The first-order valence-corrected chi connectivity index (χ1v) is 7.14. The first-order chi connectivity index (χ1) is 9.28. The minimum absolute atomic E-state index is 0.408. The highest BCUT2D eigenvalue weighted by molar-refractivity contribution is 7.09. The lowest BCUT2D eigenvalue weighted by atomic mass is 10.1. The minimum atomic E-state index is 0.408. The molecule has 1 aromatic carbocycles. The van der Waals surface area contributed by atoms with E-state index in [4.69, 9.17) is 5.73 Å². The molecule has 0 amide bonds. The molecule has 19 heavy (non-hydrogen) atoms. The van der Waals surface area contributed by atoms with E-state index < -0.39 is 0 Å². The van der Waals surface area contributed by atoms with E-state index in [1.165, 1.54) is 10.4 Å². The molecule has 2 nitrogen and oxygen atoms in total. The molecule has 0 fully saturated rings. The summed E-state index contributed by atoms with van der Waals surface area (Å²) in [6, 6.07) is 12.6. The van der Waals surface area contributed by atoms with Crippen LogP contribution >= 0.6 is 11.3 Å². The molecule has 0 saturated heterocycles. The Kier molecular flexibility index (Phi) is 5.17. The predicted molar refractivity (Wildman–Crippen MR) is 81.9 cm³/mol. The second-order valence-electron chi connectivity index (χ2n) is 4.45. The maximum absolute atomic E-state index is 5.36.